The normalized spacial score (nSPS) is 11.3. The maximum absolute atomic E-state index is 14.5. The fourth-order valence-electron chi connectivity index (χ4n) is 2.91. The molecule has 0 nitrogen and oxygen atoms in total. The van der Waals surface area contributed by atoms with E-state index in [0.717, 1.165) is 36.0 Å². The maximum atomic E-state index is 14.5. The molecule has 0 aliphatic heterocycles. The van der Waals surface area contributed by atoms with Gasteiger partial charge in [-0.1, -0.05) is 55.7 Å². The maximum Gasteiger partial charge on any atom is 0.458 e. The summed E-state index contributed by atoms with van der Waals surface area (Å²) in [4.78, 5) is 0. The molecule has 0 spiro atoms. The number of hydrogen-bond donors (Lipinski definition) is 0. The van der Waals surface area contributed by atoms with E-state index in [1.165, 1.54) is 11.6 Å². The van der Waals surface area contributed by atoms with E-state index in [-0.39, 0.29) is 10.8 Å². The standard InChI is InChI=1S/C22H15F5/c1-2-3-14-4-6-15(7-5-14)16-8-9-18-17(12-16)13-20(23)19(21(18)24)10-11-22(25,26)27/h4-9,12-13H,2-3H2,1H3. The van der Waals surface area contributed by atoms with Gasteiger partial charge in [-0.3, -0.25) is 0 Å². The largest absolute Gasteiger partial charge is 0.458 e. The predicted octanol–water partition coefficient (Wildman–Crippen LogP) is 6.65. The number of halogens is 5. The molecule has 5 heteroatoms. The van der Waals surface area contributed by atoms with Crippen molar-refractivity contribution in [1.82, 2.24) is 0 Å². The summed E-state index contributed by atoms with van der Waals surface area (Å²) in [6, 6.07) is 13.6. The Morgan fingerprint density at radius 1 is 0.889 bits per heavy atom. The van der Waals surface area contributed by atoms with Gasteiger partial charge >= 0.3 is 6.18 Å². The molecule has 0 saturated heterocycles. The number of hydrogen-bond acceptors (Lipinski definition) is 0. The number of aryl methyl sites for hydroxylation is 1. The molecule has 0 atom stereocenters. The van der Waals surface area contributed by atoms with Gasteiger partial charge in [-0.05, 0) is 40.6 Å². The van der Waals surface area contributed by atoms with Crippen molar-refractivity contribution in [2.45, 2.75) is 25.9 Å². The van der Waals surface area contributed by atoms with E-state index in [9.17, 15) is 22.0 Å². The smallest absolute Gasteiger partial charge is 0.205 e. The van der Waals surface area contributed by atoms with Gasteiger partial charge in [-0.15, -0.1) is 0 Å². The molecule has 0 saturated carbocycles. The Morgan fingerprint density at radius 3 is 2.19 bits per heavy atom. The van der Waals surface area contributed by atoms with Crippen molar-refractivity contribution in [1.29, 1.82) is 0 Å². The zero-order valence-electron chi connectivity index (χ0n) is 14.4. The first-order valence-corrected chi connectivity index (χ1v) is 8.39. The molecule has 0 radical (unpaired) electrons. The van der Waals surface area contributed by atoms with Crippen LogP contribution >= 0.6 is 0 Å². The summed E-state index contributed by atoms with van der Waals surface area (Å²) in [6.45, 7) is 2.09. The fraction of sp³-hybridized carbons (Fsp3) is 0.182. The third kappa shape index (κ3) is 4.28. The molecule has 0 fully saturated rings. The molecular weight excluding hydrogens is 359 g/mol. The van der Waals surface area contributed by atoms with Gasteiger partial charge in [0.1, 0.15) is 11.6 Å². The van der Waals surface area contributed by atoms with Gasteiger partial charge in [0.25, 0.3) is 0 Å². The van der Waals surface area contributed by atoms with Crippen LogP contribution in [0.3, 0.4) is 0 Å². The SMILES string of the molecule is CCCc1ccc(-c2ccc3c(F)c(C#CC(F)(F)F)c(F)cc3c2)cc1. The predicted molar refractivity (Wildman–Crippen MR) is 96.2 cm³/mol. The Labute approximate surface area is 153 Å². The van der Waals surface area contributed by atoms with Crippen LogP contribution in [-0.2, 0) is 6.42 Å². The minimum atomic E-state index is -4.82. The molecule has 0 unspecified atom stereocenters. The van der Waals surface area contributed by atoms with Crippen molar-refractivity contribution >= 4 is 10.8 Å². The lowest BCUT2D eigenvalue weighted by atomic mass is 9.98. The third-order valence-electron chi connectivity index (χ3n) is 4.18. The lowest BCUT2D eigenvalue weighted by molar-refractivity contribution is -0.0696. The second kappa shape index (κ2) is 7.40. The second-order valence-electron chi connectivity index (χ2n) is 6.18. The average molecular weight is 374 g/mol. The topological polar surface area (TPSA) is 0 Å². The molecule has 3 aromatic carbocycles. The van der Waals surface area contributed by atoms with Crippen LogP contribution in [0.25, 0.3) is 21.9 Å². The fourth-order valence-corrected chi connectivity index (χ4v) is 2.91. The van der Waals surface area contributed by atoms with Gasteiger partial charge in [-0.25, -0.2) is 8.78 Å². The van der Waals surface area contributed by atoms with Crippen LogP contribution in [0, 0.1) is 23.5 Å². The molecular formula is C22H15F5. The van der Waals surface area contributed by atoms with Gasteiger partial charge < -0.3 is 0 Å². The van der Waals surface area contributed by atoms with Crippen LogP contribution in [0.4, 0.5) is 22.0 Å². The lowest BCUT2D eigenvalue weighted by Crippen LogP contribution is -2.02. The lowest BCUT2D eigenvalue weighted by Gasteiger charge is -2.08. The van der Waals surface area contributed by atoms with Gasteiger partial charge in [-0.2, -0.15) is 13.2 Å². The van der Waals surface area contributed by atoms with Crippen LogP contribution in [0.2, 0.25) is 0 Å². The Hall–Kier alpha value is -2.87. The molecule has 0 aromatic heterocycles. The summed E-state index contributed by atoms with van der Waals surface area (Å²) >= 11 is 0. The molecule has 0 aliphatic carbocycles. The van der Waals surface area contributed by atoms with Crippen LogP contribution in [-0.4, -0.2) is 6.18 Å². The molecule has 3 aromatic rings. The monoisotopic (exact) mass is 374 g/mol. The first-order valence-electron chi connectivity index (χ1n) is 8.39. The average Bonchev–Trinajstić information content (AvgIpc) is 2.61. The number of fused-ring (bicyclic) bond motifs is 1. The van der Waals surface area contributed by atoms with Crippen molar-refractivity contribution < 1.29 is 22.0 Å². The van der Waals surface area contributed by atoms with Crippen molar-refractivity contribution in [3.8, 4) is 23.0 Å². The molecule has 0 amide bonds. The molecule has 0 heterocycles. The van der Waals surface area contributed by atoms with Crippen LogP contribution in [0.1, 0.15) is 24.5 Å². The van der Waals surface area contributed by atoms with Crippen molar-refractivity contribution in [2.24, 2.45) is 0 Å². The van der Waals surface area contributed by atoms with Crippen LogP contribution in [0.15, 0.2) is 48.5 Å². The minimum Gasteiger partial charge on any atom is -0.205 e. The molecule has 3 rings (SSSR count). The van der Waals surface area contributed by atoms with Crippen molar-refractivity contribution in [3.05, 3.63) is 71.3 Å². The Bertz CT molecular complexity index is 1030. The van der Waals surface area contributed by atoms with E-state index in [1.54, 1.807) is 18.1 Å². The summed E-state index contributed by atoms with van der Waals surface area (Å²) in [5.41, 5.74) is 1.97. The molecule has 0 N–H and O–H groups in total. The highest BCUT2D eigenvalue weighted by molar-refractivity contribution is 5.89. The molecule has 0 bridgehead atoms. The van der Waals surface area contributed by atoms with E-state index < -0.39 is 23.4 Å². The number of benzene rings is 3. The van der Waals surface area contributed by atoms with Crippen LogP contribution in [0.5, 0.6) is 0 Å². The number of alkyl halides is 3. The summed E-state index contributed by atoms with van der Waals surface area (Å²) in [7, 11) is 0. The highest BCUT2D eigenvalue weighted by Gasteiger charge is 2.24. The highest BCUT2D eigenvalue weighted by Crippen LogP contribution is 2.29. The Kier molecular flexibility index (Phi) is 5.18. The Balaban J connectivity index is 2.04. The van der Waals surface area contributed by atoms with E-state index in [4.69, 9.17) is 0 Å². The van der Waals surface area contributed by atoms with Crippen molar-refractivity contribution in [3.63, 3.8) is 0 Å². The van der Waals surface area contributed by atoms with Gasteiger partial charge in [0.2, 0.25) is 0 Å². The van der Waals surface area contributed by atoms with Gasteiger partial charge in [0, 0.05) is 11.3 Å². The summed E-state index contributed by atoms with van der Waals surface area (Å²) < 4.78 is 65.2. The number of rotatable bonds is 3. The van der Waals surface area contributed by atoms with E-state index in [2.05, 4.69) is 6.92 Å². The quantitative estimate of drug-likeness (QED) is 0.356. The van der Waals surface area contributed by atoms with E-state index in [1.807, 2.05) is 24.3 Å². The molecule has 138 valence electrons. The highest BCUT2D eigenvalue weighted by atomic mass is 19.4. The first-order chi connectivity index (χ1) is 12.8. The summed E-state index contributed by atoms with van der Waals surface area (Å²) in [5.74, 6) is 0.251. The van der Waals surface area contributed by atoms with Crippen LogP contribution < -0.4 is 0 Å². The first kappa shape index (κ1) is 18.9. The minimum absolute atomic E-state index is 0.0224. The molecule has 0 aliphatic rings. The summed E-state index contributed by atoms with van der Waals surface area (Å²) in [6.07, 6.45) is -2.81. The van der Waals surface area contributed by atoms with Gasteiger partial charge in [0.05, 0.1) is 5.56 Å². The third-order valence-corrected chi connectivity index (χ3v) is 4.18. The van der Waals surface area contributed by atoms with Gasteiger partial charge in [0.15, 0.2) is 0 Å². The summed E-state index contributed by atoms with van der Waals surface area (Å²) in [5, 5.41) is 0.284. The Morgan fingerprint density at radius 2 is 1.56 bits per heavy atom. The van der Waals surface area contributed by atoms with E-state index in [0.29, 0.717) is 0 Å². The van der Waals surface area contributed by atoms with Crippen molar-refractivity contribution in [2.75, 3.05) is 0 Å². The molecule has 27 heavy (non-hydrogen) atoms. The second-order valence-corrected chi connectivity index (χ2v) is 6.18. The zero-order chi connectivity index (χ0) is 19.6. The van der Waals surface area contributed by atoms with E-state index >= 15 is 0 Å². The zero-order valence-corrected chi connectivity index (χ0v) is 14.4.